The van der Waals surface area contributed by atoms with E-state index in [1.54, 1.807) is 0 Å². The summed E-state index contributed by atoms with van der Waals surface area (Å²) in [7, 11) is 0. The zero-order valence-corrected chi connectivity index (χ0v) is 17.7. The molecule has 2 aromatic rings. The summed E-state index contributed by atoms with van der Waals surface area (Å²) in [6, 6.07) is 1.25. The molecule has 3 saturated carbocycles. The Labute approximate surface area is 168 Å². The lowest BCUT2D eigenvalue weighted by atomic mass is 9.30. The molecule has 3 aliphatic rings. The summed E-state index contributed by atoms with van der Waals surface area (Å²) in [5.74, 6) is 0.557. The number of carbonyl (C=O) groups is 1. The molecule has 2 N–H and O–H groups in total. The first-order valence-electron chi connectivity index (χ1n) is 10.0. The van der Waals surface area contributed by atoms with Crippen molar-refractivity contribution in [3.8, 4) is 0 Å². The van der Waals surface area contributed by atoms with E-state index < -0.39 is 11.7 Å². The van der Waals surface area contributed by atoms with Crippen LogP contribution in [0.2, 0.25) is 0 Å². The molecule has 158 valence electrons. The van der Waals surface area contributed by atoms with E-state index in [-0.39, 0.29) is 44.8 Å². The van der Waals surface area contributed by atoms with Crippen LogP contribution in [0.1, 0.15) is 64.0 Å². The van der Waals surface area contributed by atoms with Gasteiger partial charge in [0.2, 0.25) is 0 Å². The van der Waals surface area contributed by atoms with Crippen LogP contribution in [-0.2, 0) is 6.18 Å². The standard InChI is InChI=1S/C22H28F3N3O/c1-19(2)15-8-16(21(5,6)18(19)20(15,3)4)28-17(29)13-7-11-12(22(23,24)25)9-26-10-14(11)27-13/h7,9-10,15-16,18,27H,8H2,1-6H3,(H,28,29)/t15?,16-,18?/m0/s1. The number of aromatic amines is 1. The molecule has 4 nitrogen and oxygen atoms in total. The van der Waals surface area contributed by atoms with Crippen molar-refractivity contribution >= 4 is 16.8 Å². The summed E-state index contributed by atoms with van der Waals surface area (Å²) >= 11 is 0. The number of fused-ring (bicyclic) bond motifs is 3. The minimum absolute atomic E-state index is 0.0299. The molecule has 29 heavy (non-hydrogen) atoms. The summed E-state index contributed by atoms with van der Waals surface area (Å²) < 4.78 is 39.7. The van der Waals surface area contributed by atoms with E-state index >= 15 is 0 Å². The second kappa shape index (κ2) is 5.76. The number of hydrogen-bond donors (Lipinski definition) is 2. The number of hydrogen-bond acceptors (Lipinski definition) is 2. The second-order valence-electron chi connectivity index (χ2n) is 10.5. The zero-order chi connectivity index (χ0) is 21.6. The highest BCUT2D eigenvalue weighted by atomic mass is 19.4. The molecule has 1 atom stereocenters. The lowest BCUT2D eigenvalue weighted by Crippen LogP contribution is -2.73. The molecule has 1 amide bonds. The van der Waals surface area contributed by atoms with Crippen molar-refractivity contribution < 1.29 is 18.0 Å². The smallest absolute Gasteiger partial charge is 0.349 e. The number of amides is 1. The van der Waals surface area contributed by atoms with Crippen molar-refractivity contribution in [1.29, 1.82) is 0 Å². The molecule has 0 saturated heterocycles. The first kappa shape index (κ1) is 20.2. The number of alkyl halides is 3. The van der Waals surface area contributed by atoms with Crippen LogP contribution in [0.3, 0.4) is 0 Å². The number of carbonyl (C=O) groups excluding carboxylic acids is 1. The SMILES string of the molecule is CC1(C)C2C[C@H](NC(=O)c3cc4c(C(F)(F)F)cncc4[nH]3)C(C)(C)C1C2(C)C. The Kier molecular flexibility index (Phi) is 4.02. The van der Waals surface area contributed by atoms with Gasteiger partial charge in [0, 0.05) is 17.6 Å². The summed E-state index contributed by atoms with van der Waals surface area (Å²) in [5.41, 5.74) is -0.203. The molecule has 2 bridgehead atoms. The van der Waals surface area contributed by atoms with Crippen LogP contribution < -0.4 is 5.32 Å². The highest BCUT2D eigenvalue weighted by Gasteiger charge is 2.70. The van der Waals surface area contributed by atoms with Crippen LogP contribution in [0.4, 0.5) is 13.2 Å². The zero-order valence-electron chi connectivity index (χ0n) is 17.7. The number of nitrogens with zero attached hydrogens (tertiary/aromatic N) is 1. The van der Waals surface area contributed by atoms with Crippen molar-refractivity contribution in [1.82, 2.24) is 15.3 Å². The maximum Gasteiger partial charge on any atom is 0.418 e. The summed E-state index contributed by atoms with van der Waals surface area (Å²) in [4.78, 5) is 19.4. The van der Waals surface area contributed by atoms with Crippen molar-refractivity contribution in [3.05, 3.63) is 29.7 Å². The molecule has 0 radical (unpaired) electrons. The fourth-order valence-corrected chi connectivity index (χ4v) is 7.37. The van der Waals surface area contributed by atoms with Gasteiger partial charge in [-0.25, -0.2) is 0 Å². The Morgan fingerprint density at radius 2 is 1.72 bits per heavy atom. The van der Waals surface area contributed by atoms with E-state index in [2.05, 4.69) is 56.8 Å². The molecular formula is C22H28F3N3O. The van der Waals surface area contributed by atoms with Gasteiger partial charge in [0.25, 0.3) is 5.91 Å². The Morgan fingerprint density at radius 3 is 2.28 bits per heavy atom. The van der Waals surface area contributed by atoms with Crippen molar-refractivity contribution in [3.63, 3.8) is 0 Å². The van der Waals surface area contributed by atoms with Crippen LogP contribution >= 0.6 is 0 Å². The normalized spacial score (nSPS) is 29.3. The van der Waals surface area contributed by atoms with Crippen LogP contribution in [0.5, 0.6) is 0 Å². The minimum Gasteiger partial charge on any atom is -0.349 e. The third kappa shape index (κ3) is 2.72. The number of H-pyrrole nitrogens is 1. The Balaban J connectivity index is 1.61. The summed E-state index contributed by atoms with van der Waals surface area (Å²) in [6.45, 7) is 13.6. The van der Waals surface area contributed by atoms with E-state index in [4.69, 9.17) is 0 Å². The number of nitrogens with one attached hydrogen (secondary N) is 2. The van der Waals surface area contributed by atoms with E-state index in [1.165, 1.54) is 12.3 Å². The predicted molar refractivity (Wildman–Crippen MR) is 105 cm³/mol. The molecule has 2 heterocycles. The maximum atomic E-state index is 13.2. The molecule has 5 rings (SSSR count). The first-order valence-corrected chi connectivity index (χ1v) is 10.0. The Bertz CT molecular complexity index is 971. The van der Waals surface area contributed by atoms with Crippen molar-refractivity contribution in [2.24, 2.45) is 28.1 Å². The largest absolute Gasteiger partial charge is 0.418 e. The third-order valence-corrected chi connectivity index (χ3v) is 7.80. The second-order valence-corrected chi connectivity index (χ2v) is 10.5. The number of pyridine rings is 1. The topological polar surface area (TPSA) is 57.8 Å². The molecule has 0 unspecified atom stereocenters. The lowest BCUT2D eigenvalue weighted by Gasteiger charge is -2.75. The van der Waals surface area contributed by atoms with Gasteiger partial charge in [-0.05, 0) is 40.6 Å². The molecule has 2 aromatic heterocycles. The average molecular weight is 407 g/mol. The fourth-order valence-electron chi connectivity index (χ4n) is 7.37. The predicted octanol–water partition coefficient (Wildman–Crippen LogP) is 5.41. The van der Waals surface area contributed by atoms with Gasteiger partial charge in [0.05, 0.1) is 17.3 Å². The molecule has 3 fully saturated rings. The van der Waals surface area contributed by atoms with E-state index in [9.17, 15) is 18.0 Å². The van der Waals surface area contributed by atoms with Crippen molar-refractivity contribution in [2.75, 3.05) is 0 Å². The van der Waals surface area contributed by atoms with Gasteiger partial charge < -0.3 is 10.3 Å². The molecular weight excluding hydrogens is 379 g/mol. The summed E-state index contributed by atoms with van der Waals surface area (Å²) in [6.07, 6.45) is -1.55. The van der Waals surface area contributed by atoms with Gasteiger partial charge in [-0.1, -0.05) is 41.5 Å². The van der Waals surface area contributed by atoms with E-state index in [0.29, 0.717) is 11.8 Å². The van der Waals surface area contributed by atoms with Gasteiger partial charge in [0.1, 0.15) is 5.69 Å². The minimum atomic E-state index is -4.52. The fraction of sp³-hybridized carbons (Fsp3) is 0.636. The summed E-state index contributed by atoms with van der Waals surface area (Å²) in [5, 5.41) is 3.07. The Hall–Kier alpha value is -2.05. The molecule has 3 aliphatic carbocycles. The third-order valence-electron chi connectivity index (χ3n) is 7.80. The highest BCUT2D eigenvalue weighted by Crippen LogP contribution is 2.74. The lowest BCUT2D eigenvalue weighted by molar-refractivity contribution is -0.260. The van der Waals surface area contributed by atoms with Gasteiger partial charge in [-0.15, -0.1) is 0 Å². The molecule has 0 aliphatic heterocycles. The van der Waals surface area contributed by atoms with Gasteiger partial charge in [-0.2, -0.15) is 13.2 Å². The van der Waals surface area contributed by atoms with Gasteiger partial charge in [-0.3, -0.25) is 9.78 Å². The monoisotopic (exact) mass is 407 g/mol. The van der Waals surface area contributed by atoms with Gasteiger partial charge >= 0.3 is 6.18 Å². The van der Waals surface area contributed by atoms with Gasteiger partial charge in [0.15, 0.2) is 0 Å². The quantitative estimate of drug-likeness (QED) is 0.699. The van der Waals surface area contributed by atoms with Crippen LogP contribution in [-0.4, -0.2) is 21.9 Å². The molecule has 0 spiro atoms. The van der Waals surface area contributed by atoms with Crippen LogP contribution in [0.15, 0.2) is 18.5 Å². The van der Waals surface area contributed by atoms with Crippen LogP contribution in [0, 0.1) is 28.1 Å². The van der Waals surface area contributed by atoms with Crippen LogP contribution in [0.25, 0.3) is 10.9 Å². The Morgan fingerprint density at radius 1 is 1.10 bits per heavy atom. The maximum absolute atomic E-state index is 13.2. The first-order chi connectivity index (χ1) is 13.2. The molecule has 7 heteroatoms. The van der Waals surface area contributed by atoms with E-state index in [0.717, 1.165) is 12.6 Å². The number of rotatable bonds is 2. The average Bonchev–Trinajstić information content (AvgIpc) is 2.98. The van der Waals surface area contributed by atoms with Crippen molar-refractivity contribution in [2.45, 2.75) is 60.2 Å². The number of aromatic nitrogens is 2. The molecule has 0 aromatic carbocycles. The number of halogens is 3. The highest BCUT2D eigenvalue weighted by molar-refractivity contribution is 5.99. The van der Waals surface area contributed by atoms with E-state index in [1.807, 2.05) is 0 Å².